The fourth-order valence-corrected chi connectivity index (χ4v) is 7.04. The Morgan fingerprint density at radius 2 is 1.47 bits per heavy atom. The van der Waals surface area contributed by atoms with E-state index in [4.69, 9.17) is 4.74 Å². The molecule has 1 atom stereocenters. The third-order valence-electron chi connectivity index (χ3n) is 9.43. The zero-order valence-corrected chi connectivity index (χ0v) is 27.4. The largest absolute Gasteiger partial charge is 0.468 e. The first kappa shape index (κ1) is 31.7. The van der Waals surface area contributed by atoms with E-state index in [1.807, 2.05) is 84.3 Å². The molecule has 0 aliphatic rings. The van der Waals surface area contributed by atoms with Gasteiger partial charge in [-0.1, -0.05) is 91.0 Å². The van der Waals surface area contributed by atoms with Crippen molar-refractivity contribution in [1.29, 1.82) is 0 Å². The topological polar surface area (TPSA) is 77.6 Å². The smallest absolute Gasteiger partial charge is 0.323 e. The van der Waals surface area contributed by atoms with Crippen LogP contribution in [0.4, 0.5) is 4.39 Å². The van der Waals surface area contributed by atoms with Gasteiger partial charge in [0.05, 0.1) is 23.7 Å². The van der Waals surface area contributed by atoms with E-state index in [0.29, 0.717) is 33.2 Å². The number of imidazole rings is 1. The maximum Gasteiger partial charge on any atom is 0.323 e. The number of pyridine rings is 2. The molecule has 7 nitrogen and oxygen atoms in total. The molecule has 8 heteroatoms. The van der Waals surface area contributed by atoms with E-state index in [1.54, 1.807) is 19.3 Å². The van der Waals surface area contributed by atoms with Gasteiger partial charge in [0.25, 0.3) is 5.56 Å². The van der Waals surface area contributed by atoms with Crippen LogP contribution in [0.25, 0.3) is 27.7 Å². The number of carbonyl (C=O) groups excluding carboxylic acids is 1. The molecule has 1 N–H and O–H groups in total. The zero-order chi connectivity index (χ0) is 34.1. The SMILES string of the molecule is COC(=O)[C@H](Cc1ccc(-c2c(C)c3cc(F)ccc3n(C)c2=O)c2nccn12)NC(c1ccccc1)(c1ccccc1)c1ccccc1. The molecule has 7 aromatic rings. The predicted octanol–water partition coefficient (Wildman–Crippen LogP) is 6.97. The predicted molar refractivity (Wildman–Crippen MR) is 190 cm³/mol. The number of rotatable bonds is 9. The second-order valence-electron chi connectivity index (χ2n) is 12.2. The van der Waals surface area contributed by atoms with Gasteiger partial charge in [0.2, 0.25) is 0 Å². The van der Waals surface area contributed by atoms with Crippen molar-refractivity contribution >= 4 is 22.5 Å². The molecule has 49 heavy (non-hydrogen) atoms. The van der Waals surface area contributed by atoms with Crippen molar-refractivity contribution in [3.05, 3.63) is 178 Å². The number of fused-ring (bicyclic) bond motifs is 2. The van der Waals surface area contributed by atoms with Gasteiger partial charge in [0, 0.05) is 42.5 Å². The van der Waals surface area contributed by atoms with E-state index in [9.17, 15) is 14.0 Å². The van der Waals surface area contributed by atoms with Gasteiger partial charge in [-0.25, -0.2) is 9.37 Å². The lowest BCUT2D eigenvalue weighted by Gasteiger charge is -2.39. The van der Waals surface area contributed by atoms with Crippen molar-refractivity contribution in [2.45, 2.75) is 24.9 Å². The Morgan fingerprint density at radius 1 is 0.878 bits per heavy atom. The van der Waals surface area contributed by atoms with E-state index in [0.717, 1.165) is 22.4 Å². The molecule has 244 valence electrons. The Balaban J connectivity index is 1.37. The van der Waals surface area contributed by atoms with Crippen LogP contribution in [-0.4, -0.2) is 33.1 Å². The van der Waals surface area contributed by atoms with Crippen LogP contribution in [0.15, 0.2) is 139 Å². The van der Waals surface area contributed by atoms with Crippen molar-refractivity contribution in [3.8, 4) is 11.1 Å². The fourth-order valence-electron chi connectivity index (χ4n) is 7.04. The summed E-state index contributed by atoms with van der Waals surface area (Å²) in [6.07, 6.45) is 3.74. The van der Waals surface area contributed by atoms with Crippen LogP contribution in [0, 0.1) is 12.7 Å². The van der Waals surface area contributed by atoms with Gasteiger partial charge in [-0.15, -0.1) is 0 Å². The Bertz CT molecular complexity index is 2260. The van der Waals surface area contributed by atoms with Gasteiger partial charge in [0.1, 0.15) is 17.5 Å². The number of hydrogen-bond donors (Lipinski definition) is 1. The fraction of sp³-hybridized carbons (Fsp3) is 0.146. The molecule has 0 amide bonds. The minimum absolute atomic E-state index is 0.207. The molecule has 4 aromatic carbocycles. The van der Waals surface area contributed by atoms with Gasteiger partial charge < -0.3 is 13.7 Å². The average molecular weight is 651 g/mol. The highest BCUT2D eigenvalue weighted by molar-refractivity contribution is 5.91. The normalized spacial score (nSPS) is 12.3. The molecule has 3 heterocycles. The summed E-state index contributed by atoms with van der Waals surface area (Å²) in [6, 6.07) is 37.6. The number of nitrogens with zero attached hydrogens (tertiary/aromatic N) is 3. The minimum atomic E-state index is -0.916. The first-order valence-electron chi connectivity index (χ1n) is 16.1. The summed E-state index contributed by atoms with van der Waals surface area (Å²) >= 11 is 0. The summed E-state index contributed by atoms with van der Waals surface area (Å²) in [6.45, 7) is 1.83. The number of carbonyl (C=O) groups is 1. The lowest BCUT2D eigenvalue weighted by atomic mass is 9.76. The molecule has 0 spiro atoms. The van der Waals surface area contributed by atoms with Crippen LogP contribution in [0.5, 0.6) is 0 Å². The van der Waals surface area contributed by atoms with E-state index in [2.05, 4.69) is 46.7 Å². The van der Waals surface area contributed by atoms with Crippen LogP contribution >= 0.6 is 0 Å². The van der Waals surface area contributed by atoms with Gasteiger partial charge in [0.15, 0.2) is 0 Å². The van der Waals surface area contributed by atoms with Crippen molar-refractivity contribution in [1.82, 2.24) is 19.3 Å². The monoisotopic (exact) mass is 650 g/mol. The highest BCUT2D eigenvalue weighted by Crippen LogP contribution is 2.38. The Hall–Kier alpha value is -5.86. The lowest BCUT2D eigenvalue weighted by Crippen LogP contribution is -2.53. The maximum absolute atomic E-state index is 14.4. The number of aromatic nitrogens is 3. The highest BCUT2D eigenvalue weighted by atomic mass is 19.1. The summed E-state index contributed by atoms with van der Waals surface area (Å²) in [5.41, 5.74) is 5.48. The standard InChI is InChI=1S/C41H35FN4O3/c1-27-34-25-31(42)19-22-36(34)45(2)39(47)37(27)33-21-20-32(46-24-23-43-38(33)46)26-35(40(48)49-3)44-41(28-13-7-4-8-14-28,29-15-9-5-10-16-29)30-17-11-6-12-18-30/h4-25,35,44H,26H2,1-3H3/t35-/m0/s1. The number of nitrogens with one attached hydrogen (secondary N) is 1. The molecule has 7 rings (SSSR count). The van der Waals surface area contributed by atoms with Gasteiger partial charge in [-0.3, -0.25) is 14.9 Å². The number of methoxy groups -OCH3 is 1. The number of hydrogen-bond acceptors (Lipinski definition) is 5. The molecular formula is C41H35FN4O3. The average Bonchev–Trinajstić information content (AvgIpc) is 3.65. The van der Waals surface area contributed by atoms with Crippen LogP contribution in [0.2, 0.25) is 0 Å². The number of esters is 1. The van der Waals surface area contributed by atoms with Crippen LogP contribution in [0.1, 0.15) is 27.9 Å². The van der Waals surface area contributed by atoms with E-state index >= 15 is 0 Å². The molecule has 3 aromatic heterocycles. The van der Waals surface area contributed by atoms with Gasteiger partial charge in [-0.05, 0) is 59.5 Å². The quantitative estimate of drug-likeness (QED) is 0.135. The second-order valence-corrected chi connectivity index (χ2v) is 12.2. The molecule has 0 aliphatic carbocycles. The number of ether oxygens (including phenoxy) is 1. The summed E-state index contributed by atoms with van der Waals surface area (Å²) in [5, 5.41) is 4.43. The molecular weight excluding hydrogens is 615 g/mol. The molecule has 0 unspecified atom stereocenters. The molecule has 0 saturated carbocycles. The van der Waals surface area contributed by atoms with Crippen LogP contribution < -0.4 is 10.9 Å². The van der Waals surface area contributed by atoms with E-state index in [-0.39, 0.29) is 17.8 Å². The minimum Gasteiger partial charge on any atom is -0.468 e. The first-order valence-corrected chi connectivity index (χ1v) is 16.1. The highest BCUT2D eigenvalue weighted by Gasteiger charge is 2.40. The lowest BCUT2D eigenvalue weighted by molar-refractivity contribution is -0.143. The first-order chi connectivity index (χ1) is 23.8. The Morgan fingerprint density at radius 3 is 2.04 bits per heavy atom. The van der Waals surface area contributed by atoms with Crippen molar-refractivity contribution in [2.75, 3.05) is 7.11 Å². The third kappa shape index (κ3) is 5.50. The molecule has 0 saturated heterocycles. The van der Waals surface area contributed by atoms with Crippen molar-refractivity contribution < 1.29 is 13.9 Å². The van der Waals surface area contributed by atoms with Crippen LogP contribution in [0.3, 0.4) is 0 Å². The maximum atomic E-state index is 14.4. The molecule has 0 aliphatic heterocycles. The Kier molecular flexibility index (Phi) is 8.40. The number of halogens is 1. The van der Waals surface area contributed by atoms with E-state index in [1.165, 1.54) is 23.8 Å². The summed E-state index contributed by atoms with van der Waals surface area (Å²) < 4.78 is 23.2. The number of aryl methyl sites for hydroxylation is 2. The zero-order valence-electron chi connectivity index (χ0n) is 27.4. The molecule has 0 radical (unpaired) electrons. The van der Waals surface area contributed by atoms with Gasteiger partial charge in [-0.2, -0.15) is 0 Å². The van der Waals surface area contributed by atoms with Crippen molar-refractivity contribution in [3.63, 3.8) is 0 Å². The van der Waals surface area contributed by atoms with Crippen molar-refractivity contribution in [2.24, 2.45) is 7.05 Å². The Labute approximate surface area is 283 Å². The third-order valence-corrected chi connectivity index (χ3v) is 9.43. The van der Waals surface area contributed by atoms with E-state index < -0.39 is 17.6 Å². The van der Waals surface area contributed by atoms with Gasteiger partial charge >= 0.3 is 5.97 Å². The molecule has 0 fully saturated rings. The summed E-state index contributed by atoms with van der Waals surface area (Å²) in [7, 11) is 3.08. The molecule has 0 bridgehead atoms. The van der Waals surface area contributed by atoms with Crippen LogP contribution in [-0.2, 0) is 28.5 Å². The number of benzene rings is 4. The summed E-state index contributed by atoms with van der Waals surface area (Å²) in [4.78, 5) is 32.2. The summed E-state index contributed by atoms with van der Waals surface area (Å²) in [5.74, 6) is -0.800. The second kappa shape index (κ2) is 13.0.